The number of halogens is 3. The van der Waals surface area contributed by atoms with E-state index < -0.39 is 17.0 Å². The van der Waals surface area contributed by atoms with Crippen LogP contribution in [0.5, 0.6) is 11.5 Å². The van der Waals surface area contributed by atoms with Crippen LogP contribution in [0.15, 0.2) is 47.4 Å². The maximum Gasteiger partial charge on any atom is 0.416 e. The zero-order valence-electron chi connectivity index (χ0n) is 13.8. The Labute approximate surface area is 152 Å². The number of anilines is 1. The quantitative estimate of drug-likeness (QED) is 0.784. The number of nitrogens with one attached hydrogen (secondary N) is 1. The summed E-state index contributed by atoms with van der Waals surface area (Å²) < 4.78 is 49.2. The third-order valence-electron chi connectivity index (χ3n) is 3.65. The van der Waals surface area contributed by atoms with Crippen LogP contribution in [-0.4, -0.2) is 24.4 Å². The number of hydrogen-bond donors (Lipinski definition) is 1. The van der Waals surface area contributed by atoms with Gasteiger partial charge in [0.25, 0.3) is 0 Å². The third kappa shape index (κ3) is 4.43. The molecule has 0 fully saturated rings. The summed E-state index contributed by atoms with van der Waals surface area (Å²) in [4.78, 5) is 13.1. The average molecular weight is 383 g/mol. The van der Waals surface area contributed by atoms with Gasteiger partial charge in [-0.05, 0) is 43.3 Å². The van der Waals surface area contributed by atoms with Crippen molar-refractivity contribution in [1.29, 1.82) is 0 Å². The van der Waals surface area contributed by atoms with Crippen molar-refractivity contribution in [1.82, 2.24) is 0 Å². The van der Waals surface area contributed by atoms with Crippen LogP contribution in [0.1, 0.15) is 12.5 Å². The second-order valence-corrected chi connectivity index (χ2v) is 7.05. The molecule has 4 nitrogen and oxygen atoms in total. The number of benzene rings is 2. The lowest BCUT2D eigenvalue weighted by Gasteiger charge is -2.19. The maximum atomic E-state index is 12.8. The van der Waals surface area contributed by atoms with E-state index in [4.69, 9.17) is 9.47 Å². The number of alkyl halides is 3. The highest BCUT2D eigenvalue weighted by Gasteiger charge is 2.30. The number of carbonyl (C=O) groups is 1. The van der Waals surface area contributed by atoms with Crippen molar-refractivity contribution in [3.8, 4) is 11.5 Å². The van der Waals surface area contributed by atoms with Gasteiger partial charge >= 0.3 is 6.18 Å². The van der Waals surface area contributed by atoms with Gasteiger partial charge in [0.2, 0.25) is 5.91 Å². The van der Waals surface area contributed by atoms with Crippen LogP contribution in [0.2, 0.25) is 0 Å². The minimum absolute atomic E-state index is 0.111. The van der Waals surface area contributed by atoms with Gasteiger partial charge in [-0.3, -0.25) is 4.79 Å². The van der Waals surface area contributed by atoms with E-state index in [1.54, 1.807) is 19.1 Å². The number of rotatable bonds is 4. The molecule has 26 heavy (non-hydrogen) atoms. The van der Waals surface area contributed by atoms with Gasteiger partial charge in [-0.25, -0.2) is 0 Å². The van der Waals surface area contributed by atoms with Crippen molar-refractivity contribution in [2.75, 3.05) is 18.5 Å². The first-order valence-electron chi connectivity index (χ1n) is 7.87. The van der Waals surface area contributed by atoms with Crippen molar-refractivity contribution in [3.63, 3.8) is 0 Å². The summed E-state index contributed by atoms with van der Waals surface area (Å²) in [5.74, 6) is 0.887. The number of thioether (sulfide) groups is 1. The van der Waals surface area contributed by atoms with Crippen molar-refractivity contribution in [2.45, 2.75) is 23.2 Å². The van der Waals surface area contributed by atoms with Gasteiger partial charge in [0, 0.05) is 10.6 Å². The molecule has 1 aliphatic rings. The standard InChI is InChI=1S/C18H16F3NO3S/c1-11(26-14-5-6-15-16(10-14)25-8-7-24-15)17(23)22-13-4-2-3-12(9-13)18(19,20)21/h2-6,9-11H,7-8H2,1H3,(H,22,23)/t11-/m1/s1. The number of amides is 1. The molecule has 0 bridgehead atoms. The average Bonchev–Trinajstić information content (AvgIpc) is 2.61. The van der Waals surface area contributed by atoms with Gasteiger partial charge in [0.1, 0.15) is 13.2 Å². The van der Waals surface area contributed by atoms with Gasteiger partial charge in [-0.15, -0.1) is 11.8 Å². The van der Waals surface area contributed by atoms with E-state index >= 15 is 0 Å². The van der Waals surface area contributed by atoms with Crippen LogP contribution >= 0.6 is 11.8 Å². The van der Waals surface area contributed by atoms with E-state index in [1.165, 1.54) is 23.9 Å². The lowest BCUT2D eigenvalue weighted by Crippen LogP contribution is -2.22. The first-order valence-corrected chi connectivity index (χ1v) is 8.75. The van der Waals surface area contributed by atoms with Crippen LogP contribution in [0.3, 0.4) is 0 Å². The Bertz CT molecular complexity index is 811. The van der Waals surface area contributed by atoms with E-state index in [0.717, 1.165) is 17.0 Å². The SMILES string of the molecule is C[C@@H](Sc1ccc2c(c1)OCCO2)C(=O)Nc1cccc(C(F)(F)F)c1. The van der Waals surface area contributed by atoms with Gasteiger partial charge in [-0.1, -0.05) is 6.07 Å². The van der Waals surface area contributed by atoms with Gasteiger partial charge in [0.05, 0.1) is 10.8 Å². The molecule has 0 aromatic heterocycles. The highest BCUT2D eigenvalue weighted by atomic mass is 32.2. The Hall–Kier alpha value is -2.35. The summed E-state index contributed by atoms with van der Waals surface area (Å²) >= 11 is 1.28. The van der Waals surface area contributed by atoms with Crippen LogP contribution in [0, 0.1) is 0 Å². The molecule has 0 unspecified atom stereocenters. The Morgan fingerprint density at radius 3 is 2.58 bits per heavy atom. The molecular formula is C18H16F3NO3S. The second-order valence-electron chi connectivity index (χ2n) is 5.63. The first kappa shape index (κ1) is 18.4. The molecule has 1 heterocycles. The molecule has 2 aromatic rings. The zero-order chi connectivity index (χ0) is 18.7. The zero-order valence-corrected chi connectivity index (χ0v) is 14.6. The van der Waals surface area contributed by atoms with Crippen LogP contribution < -0.4 is 14.8 Å². The highest BCUT2D eigenvalue weighted by Crippen LogP contribution is 2.36. The fraction of sp³-hybridized carbons (Fsp3) is 0.278. The maximum absolute atomic E-state index is 12.8. The summed E-state index contributed by atoms with van der Waals surface area (Å²) in [6.07, 6.45) is -4.45. The lowest BCUT2D eigenvalue weighted by molar-refractivity contribution is -0.137. The molecule has 0 spiro atoms. The number of fused-ring (bicyclic) bond motifs is 1. The van der Waals surface area contributed by atoms with Crippen molar-refractivity contribution in [2.24, 2.45) is 0 Å². The monoisotopic (exact) mass is 383 g/mol. The number of carbonyl (C=O) groups excluding carboxylic acids is 1. The van der Waals surface area contributed by atoms with Crippen molar-refractivity contribution < 1.29 is 27.4 Å². The molecule has 1 aliphatic heterocycles. The Balaban J connectivity index is 1.65. The molecule has 1 amide bonds. The summed E-state index contributed by atoms with van der Waals surface area (Å²) in [6, 6.07) is 9.93. The smallest absolute Gasteiger partial charge is 0.416 e. The summed E-state index contributed by atoms with van der Waals surface area (Å²) in [5.41, 5.74) is -0.693. The molecule has 138 valence electrons. The summed E-state index contributed by atoms with van der Waals surface area (Å²) in [6.45, 7) is 2.65. The normalized spacial score (nSPS) is 14.6. The molecule has 0 aliphatic carbocycles. The Morgan fingerprint density at radius 2 is 1.85 bits per heavy atom. The van der Waals surface area contributed by atoms with Gasteiger partial charge in [-0.2, -0.15) is 13.2 Å². The molecule has 0 saturated heterocycles. The fourth-order valence-corrected chi connectivity index (χ4v) is 3.27. The minimum atomic E-state index is -4.45. The topological polar surface area (TPSA) is 47.6 Å². The molecule has 8 heteroatoms. The van der Waals surface area contributed by atoms with E-state index in [2.05, 4.69) is 5.32 Å². The van der Waals surface area contributed by atoms with Gasteiger partial charge < -0.3 is 14.8 Å². The molecule has 1 atom stereocenters. The third-order valence-corrected chi connectivity index (χ3v) is 4.75. The first-order chi connectivity index (χ1) is 12.3. The number of hydrogen-bond acceptors (Lipinski definition) is 4. The van der Waals surface area contributed by atoms with Crippen LogP contribution in [0.4, 0.5) is 18.9 Å². The predicted octanol–water partition coefficient (Wildman–Crippen LogP) is 4.60. The van der Waals surface area contributed by atoms with Crippen molar-refractivity contribution >= 4 is 23.4 Å². The van der Waals surface area contributed by atoms with E-state index in [1.807, 2.05) is 6.07 Å². The Kier molecular flexibility index (Phi) is 5.31. The second kappa shape index (κ2) is 7.49. The van der Waals surface area contributed by atoms with Gasteiger partial charge in [0.15, 0.2) is 11.5 Å². The minimum Gasteiger partial charge on any atom is -0.486 e. The largest absolute Gasteiger partial charge is 0.486 e. The predicted molar refractivity (Wildman–Crippen MR) is 92.8 cm³/mol. The van der Waals surface area contributed by atoms with E-state index in [0.29, 0.717) is 24.7 Å². The molecule has 3 rings (SSSR count). The van der Waals surface area contributed by atoms with Crippen LogP contribution in [-0.2, 0) is 11.0 Å². The highest BCUT2D eigenvalue weighted by molar-refractivity contribution is 8.00. The lowest BCUT2D eigenvalue weighted by atomic mass is 10.2. The molecule has 1 N–H and O–H groups in total. The van der Waals surface area contributed by atoms with Crippen LogP contribution in [0.25, 0.3) is 0 Å². The Morgan fingerprint density at radius 1 is 1.12 bits per heavy atom. The summed E-state index contributed by atoms with van der Waals surface area (Å²) in [7, 11) is 0. The number of ether oxygens (including phenoxy) is 2. The fourth-order valence-electron chi connectivity index (χ4n) is 2.37. The summed E-state index contributed by atoms with van der Waals surface area (Å²) in [5, 5.41) is 2.01. The molecule has 0 saturated carbocycles. The molecule has 0 radical (unpaired) electrons. The van der Waals surface area contributed by atoms with Crippen molar-refractivity contribution in [3.05, 3.63) is 48.0 Å². The molecular weight excluding hydrogens is 367 g/mol. The van der Waals surface area contributed by atoms with E-state index in [-0.39, 0.29) is 11.6 Å². The molecule has 2 aromatic carbocycles. The van der Waals surface area contributed by atoms with E-state index in [9.17, 15) is 18.0 Å².